The third kappa shape index (κ3) is 3.63. The van der Waals surface area contributed by atoms with Crippen LogP contribution in [0.2, 0.25) is 0 Å². The van der Waals surface area contributed by atoms with Gasteiger partial charge in [0.05, 0.1) is 20.8 Å². The normalized spacial score (nSPS) is 18.4. The lowest BCUT2D eigenvalue weighted by Gasteiger charge is -2.27. The zero-order valence-corrected chi connectivity index (χ0v) is 12.9. The van der Waals surface area contributed by atoms with Crippen LogP contribution in [0.4, 0.5) is 0 Å². The first-order valence-corrected chi connectivity index (χ1v) is 7.79. The minimum absolute atomic E-state index is 0.120. The first kappa shape index (κ1) is 14.2. The Hall–Kier alpha value is -0.230. The quantitative estimate of drug-likeness (QED) is 0.843. The van der Waals surface area contributed by atoms with E-state index in [2.05, 4.69) is 15.9 Å². The van der Waals surface area contributed by atoms with Crippen LogP contribution in [0.5, 0.6) is 0 Å². The molecular formula is C13H18BrNO2S. The molecule has 0 radical (unpaired) electrons. The van der Waals surface area contributed by atoms with Gasteiger partial charge in [-0.3, -0.25) is 9.69 Å². The maximum absolute atomic E-state index is 12.0. The predicted octanol–water partition coefficient (Wildman–Crippen LogP) is 2.93. The van der Waals surface area contributed by atoms with Gasteiger partial charge >= 0.3 is 0 Å². The van der Waals surface area contributed by atoms with Gasteiger partial charge in [0, 0.05) is 6.54 Å². The van der Waals surface area contributed by atoms with Gasteiger partial charge in [-0.25, -0.2) is 0 Å². The van der Waals surface area contributed by atoms with E-state index in [1.165, 1.54) is 11.3 Å². The molecule has 0 amide bonds. The van der Waals surface area contributed by atoms with Gasteiger partial charge in [0.25, 0.3) is 0 Å². The average molecular weight is 332 g/mol. The molecule has 5 heteroatoms. The Morgan fingerprint density at radius 2 is 2.17 bits per heavy atom. The van der Waals surface area contributed by atoms with Gasteiger partial charge in [0.1, 0.15) is 0 Å². The highest BCUT2D eigenvalue weighted by Crippen LogP contribution is 2.30. The van der Waals surface area contributed by atoms with Crippen molar-refractivity contribution in [1.29, 1.82) is 0 Å². The molecule has 1 saturated carbocycles. The second-order valence-corrected chi connectivity index (χ2v) is 7.59. The van der Waals surface area contributed by atoms with Crippen LogP contribution < -0.4 is 0 Å². The number of carbonyl (C=O) groups excluding carboxylic acids is 1. The van der Waals surface area contributed by atoms with Gasteiger partial charge in [-0.15, -0.1) is 11.3 Å². The van der Waals surface area contributed by atoms with Crippen LogP contribution in [0.3, 0.4) is 0 Å². The lowest BCUT2D eigenvalue weighted by Crippen LogP contribution is -2.41. The number of hydrogen-bond donors (Lipinski definition) is 1. The third-order valence-corrected chi connectivity index (χ3v) is 5.02. The summed E-state index contributed by atoms with van der Waals surface area (Å²) in [6, 6.07) is 3.73. The van der Waals surface area contributed by atoms with E-state index in [1.807, 2.05) is 24.1 Å². The molecule has 3 nitrogen and oxygen atoms in total. The smallest absolute Gasteiger partial charge is 0.186 e. The van der Waals surface area contributed by atoms with Crippen LogP contribution in [0.25, 0.3) is 0 Å². The summed E-state index contributed by atoms with van der Waals surface area (Å²) in [4.78, 5) is 14.7. The fourth-order valence-electron chi connectivity index (χ4n) is 2.54. The summed E-state index contributed by atoms with van der Waals surface area (Å²) in [6.07, 6.45) is 3.90. The van der Waals surface area contributed by atoms with Crippen molar-refractivity contribution in [3.05, 3.63) is 20.8 Å². The number of aliphatic hydroxyl groups is 1. The van der Waals surface area contributed by atoms with Crippen molar-refractivity contribution in [2.45, 2.75) is 31.3 Å². The second kappa shape index (κ2) is 5.82. The lowest BCUT2D eigenvalue weighted by molar-refractivity contribution is 0.0173. The lowest BCUT2D eigenvalue weighted by atomic mass is 10.0. The van der Waals surface area contributed by atoms with Crippen molar-refractivity contribution in [3.8, 4) is 0 Å². The van der Waals surface area contributed by atoms with Gasteiger partial charge < -0.3 is 5.11 Å². The largest absolute Gasteiger partial charge is 0.389 e. The molecule has 0 saturated heterocycles. The van der Waals surface area contributed by atoms with E-state index in [4.69, 9.17) is 0 Å². The molecule has 1 aromatic rings. The Balaban J connectivity index is 1.87. The number of ketones is 1. The maximum Gasteiger partial charge on any atom is 0.186 e. The molecule has 100 valence electrons. The van der Waals surface area contributed by atoms with Crippen LogP contribution in [-0.4, -0.2) is 41.5 Å². The zero-order valence-electron chi connectivity index (χ0n) is 10.5. The molecule has 1 aromatic heterocycles. The summed E-state index contributed by atoms with van der Waals surface area (Å²) in [5, 5.41) is 10.3. The van der Waals surface area contributed by atoms with Crippen molar-refractivity contribution in [2.75, 3.05) is 20.1 Å². The minimum atomic E-state index is -0.578. The van der Waals surface area contributed by atoms with Crippen molar-refractivity contribution in [2.24, 2.45) is 0 Å². The number of halogens is 1. The van der Waals surface area contributed by atoms with Gasteiger partial charge in [-0.1, -0.05) is 12.8 Å². The Morgan fingerprint density at radius 1 is 1.50 bits per heavy atom. The van der Waals surface area contributed by atoms with Crippen LogP contribution in [0, 0.1) is 0 Å². The molecule has 18 heavy (non-hydrogen) atoms. The van der Waals surface area contributed by atoms with Crippen molar-refractivity contribution in [1.82, 2.24) is 4.90 Å². The van der Waals surface area contributed by atoms with E-state index in [0.29, 0.717) is 13.1 Å². The summed E-state index contributed by atoms with van der Waals surface area (Å²) < 4.78 is 0.975. The van der Waals surface area contributed by atoms with Crippen molar-refractivity contribution >= 4 is 33.0 Å². The molecule has 1 N–H and O–H groups in total. The highest BCUT2D eigenvalue weighted by molar-refractivity contribution is 9.11. The molecule has 0 aliphatic heterocycles. The predicted molar refractivity (Wildman–Crippen MR) is 77.3 cm³/mol. The Kier molecular flexibility index (Phi) is 4.59. The van der Waals surface area contributed by atoms with Crippen LogP contribution in [0.1, 0.15) is 35.4 Å². The minimum Gasteiger partial charge on any atom is -0.389 e. The fourth-order valence-corrected chi connectivity index (χ4v) is 3.85. The molecule has 2 rings (SSSR count). The summed E-state index contributed by atoms with van der Waals surface area (Å²) >= 11 is 4.82. The first-order valence-electron chi connectivity index (χ1n) is 6.18. The molecule has 0 unspecified atom stereocenters. The van der Waals surface area contributed by atoms with E-state index in [1.54, 1.807) is 0 Å². The number of hydrogen-bond acceptors (Lipinski definition) is 4. The number of nitrogens with zero attached hydrogens (tertiary/aromatic N) is 1. The molecule has 0 bridgehead atoms. The zero-order chi connectivity index (χ0) is 13.2. The van der Waals surface area contributed by atoms with Gasteiger partial charge in [0.2, 0.25) is 0 Å². The van der Waals surface area contributed by atoms with E-state index < -0.39 is 5.60 Å². The Labute approximate surface area is 120 Å². The van der Waals surface area contributed by atoms with E-state index in [0.717, 1.165) is 34.3 Å². The van der Waals surface area contributed by atoms with E-state index in [9.17, 15) is 9.90 Å². The number of thiophene rings is 1. The highest BCUT2D eigenvalue weighted by atomic mass is 79.9. The number of carbonyl (C=O) groups is 1. The summed E-state index contributed by atoms with van der Waals surface area (Å²) in [5.74, 6) is 0.120. The standard InChI is InChI=1S/C13H18BrNO2S/c1-15(9-13(17)6-2-3-7-13)8-10(16)11-4-5-12(14)18-11/h4-5,17H,2-3,6-9H2,1H3. The van der Waals surface area contributed by atoms with Crippen LogP contribution in [-0.2, 0) is 0 Å². The van der Waals surface area contributed by atoms with Crippen LogP contribution in [0.15, 0.2) is 15.9 Å². The van der Waals surface area contributed by atoms with E-state index >= 15 is 0 Å². The van der Waals surface area contributed by atoms with Crippen molar-refractivity contribution in [3.63, 3.8) is 0 Å². The summed E-state index contributed by atoms with van der Waals surface area (Å²) in [7, 11) is 1.90. The number of Topliss-reactive ketones (excluding diaryl/α,β-unsaturated/α-hetero) is 1. The molecule has 1 aliphatic carbocycles. The van der Waals surface area contributed by atoms with Gasteiger partial charge in [-0.2, -0.15) is 0 Å². The fraction of sp³-hybridized carbons (Fsp3) is 0.615. The second-order valence-electron chi connectivity index (χ2n) is 5.13. The van der Waals surface area contributed by atoms with Crippen LogP contribution >= 0.6 is 27.3 Å². The van der Waals surface area contributed by atoms with Crippen molar-refractivity contribution < 1.29 is 9.90 Å². The third-order valence-electron chi connectivity index (χ3n) is 3.36. The van der Waals surface area contributed by atoms with Gasteiger partial charge in [-0.05, 0) is 48.0 Å². The van der Waals surface area contributed by atoms with Gasteiger partial charge in [0.15, 0.2) is 5.78 Å². The Bertz CT molecular complexity index is 426. The SMILES string of the molecule is CN(CC(=O)c1ccc(Br)s1)CC1(O)CCCC1. The van der Waals surface area contributed by atoms with E-state index in [-0.39, 0.29) is 5.78 Å². The number of likely N-dealkylation sites (N-methyl/N-ethyl adjacent to an activating group) is 1. The first-order chi connectivity index (χ1) is 8.48. The highest BCUT2D eigenvalue weighted by Gasteiger charge is 2.32. The average Bonchev–Trinajstić information content (AvgIpc) is 2.87. The summed E-state index contributed by atoms with van der Waals surface area (Å²) in [6.45, 7) is 0.959. The molecule has 1 heterocycles. The molecule has 0 atom stereocenters. The molecular weight excluding hydrogens is 314 g/mol. The Morgan fingerprint density at radius 3 is 2.72 bits per heavy atom. The monoisotopic (exact) mass is 331 g/mol. The summed E-state index contributed by atoms with van der Waals surface area (Å²) in [5.41, 5.74) is -0.578. The molecule has 0 spiro atoms. The molecule has 1 fully saturated rings. The number of rotatable bonds is 5. The molecule has 0 aromatic carbocycles. The maximum atomic E-state index is 12.0. The molecule has 1 aliphatic rings. The topological polar surface area (TPSA) is 40.5 Å².